The number of carbonyl (C=O) groups excluding carboxylic acids is 1. The van der Waals surface area contributed by atoms with Crippen molar-refractivity contribution in [2.45, 2.75) is 33.2 Å². The standard InChI is InChI=1S/C15H23N3O/c1-4-15(8-9-16-11-15)14(19)18(3)10-13-7-5-6-12(2)17-13/h5-7,16H,4,8-11H2,1-3H3. The molecule has 2 heterocycles. The van der Waals surface area contributed by atoms with Gasteiger partial charge in [-0.15, -0.1) is 0 Å². The van der Waals surface area contributed by atoms with Crippen LogP contribution in [-0.4, -0.2) is 35.9 Å². The number of rotatable bonds is 4. The molecule has 1 fully saturated rings. The smallest absolute Gasteiger partial charge is 0.230 e. The molecule has 0 aliphatic carbocycles. The Kier molecular flexibility index (Phi) is 4.20. The summed E-state index contributed by atoms with van der Waals surface area (Å²) in [5.74, 6) is 0.239. The summed E-state index contributed by atoms with van der Waals surface area (Å²) in [5.41, 5.74) is 1.73. The van der Waals surface area contributed by atoms with Crippen LogP contribution in [0.25, 0.3) is 0 Å². The van der Waals surface area contributed by atoms with Gasteiger partial charge in [-0.1, -0.05) is 13.0 Å². The van der Waals surface area contributed by atoms with Gasteiger partial charge in [-0.2, -0.15) is 0 Å². The highest BCUT2D eigenvalue weighted by Crippen LogP contribution is 2.31. The van der Waals surface area contributed by atoms with Crippen LogP contribution in [-0.2, 0) is 11.3 Å². The molecule has 1 unspecified atom stereocenters. The second-order valence-electron chi connectivity index (χ2n) is 5.49. The average molecular weight is 261 g/mol. The maximum absolute atomic E-state index is 12.6. The number of aromatic nitrogens is 1. The van der Waals surface area contributed by atoms with Gasteiger partial charge in [-0.3, -0.25) is 9.78 Å². The molecule has 1 saturated heterocycles. The summed E-state index contributed by atoms with van der Waals surface area (Å²) >= 11 is 0. The van der Waals surface area contributed by atoms with Crippen LogP contribution in [0.15, 0.2) is 18.2 Å². The maximum Gasteiger partial charge on any atom is 0.230 e. The Bertz CT molecular complexity index is 452. The molecule has 1 N–H and O–H groups in total. The van der Waals surface area contributed by atoms with Crippen LogP contribution in [0, 0.1) is 12.3 Å². The van der Waals surface area contributed by atoms with E-state index < -0.39 is 0 Å². The minimum atomic E-state index is -0.210. The van der Waals surface area contributed by atoms with Gasteiger partial charge in [-0.25, -0.2) is 0 Å². The lowest BCUT2D eigenvalue weighted by Crippen LogP contribution is -2.43. The van der Waals surface area contributed by atoms with E-state index in [0.717, 1.165) is 37.3 Å². The second kappa shape index (κ2) is 5.70. The van der Waals surface area contributed by atoms with E-state index in [1.807, 2.05) is 37.1 Å². The Morgan fingerprint density at radius 3 is 2.89 bits per heavy atom. The molecule has 0 aromatic carbocycles. The van der Waals surface area contributed by atoms with Crippen molar-refractivity contribution in [1.29, 1.82) is 0 Å². The molecule has 1 aromatic rings. The van der Waals surface area contributed by atoms with Gasteiger partial charge in [0.2, 0.25) is 5.91 Å². The first-order valence-electron chi connectivity index (χ1n) is 6.96. The van der Waals surface area contributed by atoms with E-state index >= 15 is 0 Å². The van der Waals surface area contributed by atoms with Crippen LogP contribution in [0.2, 0.25) is 0 Å². The van der Waals surface area contributed by atoms with E-state index in [-0.39, 0.29) is 11.3 Å². The van der Waals surface area contributed by atoms with E-state index in [9.17, 15) is 4.79 Å². The van der Waals surface area contributed by atoms with Crippen molar-refractivity contribution in [1.82, 2.24) is 15.2 Å². The zero-order valence-electron chi connectivity index (χ0n) is 12.1. The van der Waals surface area contributed by atoms with Crippen molar-refractivity contribution in [2.24, 2.45) is 5.41 Å². The average Bonchev–Trinajstić information content (AvgIpc) is 2.87. The Morgan fingerprint density at radius 2 is 2.32 bits per heavy atom. The Morgan fingerprint density at radius 1 is 1.53 bits per heavy atom. The van der Waals surface area contributed by atoms with Gasteiger partial charge in [0, 0.05) is 19.3 Å². The van der Waals surface area contributed by atoms with Crippen molar-refractivity contribution in [2.75, 3.05) is 20.1 Å². The third kappa shape index (κ3) is 2.95. The largest absolute Gasteiger partial charge is 0.339 e. The van der Waals surface area contributed by atoms with Gasteiger partial charge in [0.25, 0.3) is 0 Å². The van der Waals surface area contributed by atoms with Crippen molar-refractivity contribution in [3.05, 3.63) is 29.6 Å². The third-order valence-electron chi connectivity index (χ3n) is 4.07. The second-order valence-corrected chi connectivity index (χ2v) is 5.49. The van der Waals surface area contributed by atoms with Gasteiger partial charge in [0.05, 0.1) is 17.7 Å². The SMILES string of the molecule is CCC1(C(=O)N(C)Cc2cccc(C)n2)CCNC1. The van der Waals surface area contributed by atoms with Crippen molar-refractivity contribution >= 4 is 5.91 Å². The maximum atomic E-state index is 12.6. The number of nitrogens with zero attached hydrogens (tertiary/aromatic N) is 2. The number of carbonyl (C=O) groups is 1. The first-order valence-corrected chi connectivity index (χ1v) is 6.96. The van der Waals surface area contributed by atoms with E-state index in [0.29, 0.717) is 6.54 Å². The first-order chi connectivity index (χ1) is 9.07. The molecule has 4 nitrogen and oxygen atoms in total. The molecular weight excluding hydrogens is 238 g/mol. The molecule has 1 aromatic heterocycles. The highest BCUT2D eigenvalue weighted by Gasteiger charge is 2.41. The summed E-state index contributed by atoms with van der Waals surface area (Å²) in [6.45, 7) is 6.40. The fourth-order valence-electron chi connectivity index (χ4n) is 2.79. The minimum Gasteiger partial charge on any atom is -0.339 e. The molecule has 1 aliphatic rings. The van der Waals surface area contributed by atoms with Crippen LogP contribution < -0.4 is 5.32 Å². The summed E-state index contributed by atoms with van der Waals surface area (Å²) in [5, 5.41) is 3.31. The quantitative estimate of drug-likeness (QED) is 0.898. The molecule has 104 valence electrons. The first kappa shape index (κ1) is 14.0. The topological polar surface area (TPSA) is 45.2 Å². The molecule has 0 saturated carbocycles. The lowest BCUT2D eigenvalue weighted by molar-refractivity contribution is -0.140. The van der Waals surface area contributed by atoms with Crippen molar-refractivity contribution < 1.29 is 4.79 Å². The Labute approximate surface area is 115 Å². The minimum absolute atomic E-state index is 0.210. The summed E-state index contributed by atoms with van der Waals surface area (Å²) in [7, 11) is 1.88. The number of aryl methyl sites for hydroxylation is 1. The Hall–Kier alpha value is -1.42. The predicted octanol–water partition coefficient (Wildman–Crippen LogP) is 1.74. The number of nitrogens with one attached hydrogen (secondary N) is 1. The molecule has 4 heteroatoms. The summed E-state index contributed by atoms with van der Waals surface area (Å²) in [6.07, 6.45) is 1.83. The molecule has 1 aliphatic heterocycles. The molecular formula is C15H23N3O. The van der Waals surface area contributed by atoms with E-state index in [4.69, 9.17) is 0 Å². The molecule has 1 amide bonds. The molecule has 2 rings (SSSR count). The number of amides is 1. The highest BCUT2D eigenvalue weighted by atomic mass is 16.2. The van der Waals surface area contributed by atoms with Crippen molar-refractivity contribution in [3.63, 3.8) is 0 Å². The summed E-state index contributed by atoms with van der Waals surface area (Å²) < 4.78 is 0. The van der Waals surface area contributed by atoms with E-state index in [1.165, 1.54) is 0 Å². The fourth-order valence-corrected chi connectivity index (χ4v) is 2.79. The molecule has 0 spiro atoms. The van der Waals surface area contributed by atoms with Gasteiger partial charge in [0.15, 0.2) is 0 Å². The van der Waals surface area contributed by atoms with Gasteiger partial charge in [-0.05, 0) is 38.4 Å². The van der Waals surface area contributed by atoms with Crippen LogP contribution in [0.3, 0.4) is 0 Å². The monoisotopic (exact) mass is 261 g/mol. The number of pyridine rings is 1. The predicted molar refractivity (Wildman–Crippen MR) is 75.7 cm³/mol. The van der Waals surface area contributed by atoms with Gasteiger partial charge in [0.1, 0.15) is 0 Å². The van der Waals surface area contributed by atoms with Gasteiger partial charge >= 0.3 is 0 Å². The Balaban J connectivity index is 2.07. The van der Waals surface area contributed by atoms with Crippen LogP contribution in [0.5, 0.6) is 0 Å². The van der Waals surface area contributed by atoms with Crippen LogP contribution in [0.4, 0.5) is 0 Å². The zero-order chi connectivity index (χ0) is 13.9. The zero-order valence-corrected chi connectivity index (χ0v) is 12.1. The molecule has 0 radical (unpaired) electrons. The van der Waals surface area contributed by atoms with Crippen LogP contribution in [0.1, 0.15) is 31.2 Å². The molecule has 1 atom stereocenters. The summed E-state index contributed by atoms with van der Waals surface area (Å²) in [6, 6.07) is 5.94. The van der Waals surface area contributed by atoms with Gasteiger partial charge < -0.3 is 10.2 Å². The third-order valence-corrected chi connectivity index (χ3v) is 4.07. The lowest BCUT2D eigenvalue weighted by atomic mass is 9.83. The fraction of sp³-hybridized carbons (Fsp3) is 0.600. The summed E-state index contributed by atoms with van der Waals surface area (Å²) in [4.78, 5) is 18.9. The van der Waals surface area contributed by atoms with E-state index in [1.54, 1.807) is 0 Å². The van der Waals surface area contributed by atoms with Crippen molar-refractivity contribution in [3.8, 4) is 0 Å². The highest BCUT2D eigenvalue weighted by molar-refractivity contribution is 5.83. The molecule has 0 bridgehead atoms. The van der Waals surface area contributed by atoms with Crippen LogP contribution >= 0.6 is 0 Å². The molecule has 19 heavy (non-hydrogen) atoms. The normalized spacial score (nSPS) is 22.5. The lowest BCUT2D eigenvalue weighted by Gasteiger charge is -2.30. The number of hydrogen-bond acceptors (Lipinski definition) is 3. The van der Waals surface area contributed by atoms with E-state index in [2.05, 4.69) is 17.2 Å². The number of hydrogen-bond donors (Lipinski definition) is 1.